The molecule has 0 spiro atoms. The first-order valence-electron chi connectivity index (χ1n) is 6.10. The molecule has 0 bridgehead atoms. The summed E-state index contributed by atoms with van der Waals surface area (Å²) in [5.74, 6) is 0.850. The van der Waals surface area contributed by atoms with Crippen LogP contribution in [0, 0.1) is 5.92 Å². The predicted octanol–water partition coefficient (Wildman–Crippen LogP) is 2.69. The Morgan fingerprint density at radius 3 is 2.87 bits per heavy atom. The van der Waals surface area contributed by atoms with Crippen LogP contribution in [0.25, 0.3) is 0 Å². The van der Waals surface area contributed by atoms with Crippen molar-refractivity contribution in [3.8, 4) is 0 Å². The van der Waals surface area contributed by atoms with Crippen LogP contribution >= 0.6 is 0 Å². The van der Waals surface area contributed by atoms with Crippen LogP contribution in [0.15, 0.2) is 18.5 Å². The molecule has 1 aromatic rings. The molecule has 1 aliphatic rings. The lowest BCUT2D eigenvalue weighted by Gasteiger charge is -2.29. The largest absolute Gasteiger partial charge is 0.357 e. The summed E-state index contributed by atoms with van der Waals surface area (Å²) in [4.78, 5) is 0. The smallest absolute Gasteiger partial charge is 0.0223 e. The molecule has 2 heteroatoms. The molecule has 1 N–H and O–H groups in total. The van der Waals surface area contributed by atoms with E-state index in [4.69, 9.17) is 0 Å². The number of hydrogen-bond donors (Lipinski definition) is 1. The van der Waals surface area contributed by atoms with E-state index in [1.54, 1.807) is 0 Å². The van der Waals surface area contributed by atoms with E-state index in [0.717, 1.165) is 18.5 Å². The van der Waals surface area contributed by atoms with Gasteiger partial charge in [-0.1, -0.05) is 19.8 Å². The first kappa shape index (κ1) is 10.7. The highest BCUT2D eigenvalue weighted by atomic mass is 14.9. The zero-order valence-electron chi connectivity index (χ0n) is 9.87. The van der Waals surface area contributed by atoms with Gasteiger partial charge in [0.2, 0.25) is 0 Å². The first-order chi connectivity index (χ1) is 7.25. The van der Waals surface area contributed by atoms with Crippen molar-refractivity contribution in [3.05, 3.63) is 24.0 Å². The molecule has 0 saturated heterocycles. The van der Waals surface area contributed by atoms with E-state index in [0.29, 0.717) is 0 Å². The quantitative estimate of drug-likeness (QED) is 0.804. The van der Waals surface area contributed by atoms with Crippen molar-refractivity contribution in [2.24, 2.45) is 13.0 Å². The Labute approximate surface area is 92.7 Å². The third-order valence-electron chi connectivity index (χ3n) is 3.57. The number of aromatic nitrogens is 1. The number of rotatable bonds is 3. The van der Waals surface area contributed by atoms with Crippen LogP contribution in [0.1, 0.15) is 38.2 Å². The van der Waals surface area contributed by atoms with Crippen molar-refractivity contribution in [1.82, 2.24) is 9.88 Å². The van der Waals surface area contributed by atoms with Crippen molar-refractivity contribution in [3.63, 3.8) is 0 Å². The van der Waals surface area contributed by atoms with Crippen molar-refractivity contribution >= 4 is 0 Å². The molecular weight excluding hydrogens is 184 g/mol. The van der Waals surface area contributed by atoms with Gasteiger partial charge in [-0.3, -0.25) is 0 Å². The second kappa shape index (κ2) is 4.84. The monoisotopic (exact) mass is 206 g/mol. The van der Waals surface area contributed by atoms with Gasteiger partial charge in [0.25, 0.3) is 0 Å². The molecule has 1 heterocycles. The predicted molar refractivity (Wildman–Crippen MR) is 63.7 cm³/mol. The van der Waals surface area contributed by atoms with Crippen molar-refractivity contribution in [2.75, 3.05) is 0 Å². The van der Waals surface area contributed by atoms with Crippen LogP contribution < -0.4 is 5.32 Å². The van der Waals surface area contributed by atoms with Gasteiger partial charge in [0.15, 0.2) is 0 Å². The SMILES string of the molecule is CC1CCCCC1NCc1ccn(C)c1. The minimum absolute atomic E-state index is 0.735. The lowest BCUT2D eigenvalue weighted by Crippen LogP contribution is -2.36. The third kappa shape index (κ3) is 2.85. The summed E-state index contributed by atoms with van der Waals surface area (Å²) in [6, 6.07) is 2.93. The minimum atomic E-state index is 0.735. The second-order valence-corrected chi connectivity index (χ2v) is 4.93. The van der Waals surface area contributed by atoms with Crippen molar-refractivity contribution < 1.29 is 0 Å². The molecule has 0 radical (unpaired) electrons. The molecule has 1 aliphatic carbocycles. The average Bonchev–Trinajstić information content (AvgIpc) is 2.63. The van der Waals surface area contributed by atoms with Crippen molar-refractivity contribution in [2.45, 2.75) is 45.2 Å². The van der Waals surface area contributed by atoms with Gasteiger partial charge >= 0.3 is 0 Å². The second-order valence-electron chi connectivity index (χ2n) is 4.93. The lowest BCUT2D eigenvalue weighted by atomic mass is 9.86. The van der Waals surface area contributed by atoms with Crippen LogP contribution in [0.3, 0.4) is 0 Å². The summed E-state index contributed by atoms with van der Waals surface area (Å²) in [5, 5.41) is 3.69. The van der Waals surface area contributed by atoms with Gasteiger partial charge in [-0.25, -0.2) is 0 Å². The van der Waals surface area contributed by atoms with Gasteiger partial charge in [-0.05, 0) is 30.4 Å². The fourth-order valence-corrected chi connectivity index (χ4v) is 2.53. The summed E-state index contributed by atoms with van der Waals surface area (Å²) in [7, 11) is 2.08. The molecule has 0 aliphatic heterocycles. The van der Waals surface area contributed by atoms with Gasteiger partial charge in [0.05, 0.1) is 0 Å². The molecule has 2 atom stereocenters. The maximum atomic E-state index is 3.69. The van der Waals surface area contributed by atoms with Gasteiger partial charge in [-0.2, -0.15) is 0 Å². The zero-order valence-corrected chi connectivity index (χ0v) is 9.87. The molecule has 2 rings (SSSR count). The Hall–Kier alpha value is -0.760. The number of aryl methyl sites for hydroxylation is 1. The minimum Gasteiger partial charge on any atom is -0.357 e. The summed E-state index contributed by atoms with van der Waals surface area (Å²) < 4.78 is 2.11. The Balaban J connectivity index is 1.81. The normalized spacial score (nSPS) is 26.8. The molecule has 2 nitrogen and oxygen atoms in total. The highest BCUT2D eigenvalue weighted by Crippen LogP contribution is 2.23. The Morgan fingerprint density at radius 1 is 1.40 bits per heavy atom. The van der Waals surface area contributed by atoms with Crippen molar-refractivity contribution in [1.29, 1.82) is 0 Å². The highest BCUT2D eigenvalue weighted by Gasteiger charge is 2.20. The molecule has 0 aromatic carbocycles. The standard InChI is InChI=1S/C13H22N2/c1-11-5-3-4-6-13(11)14-9-12-7-8-15(2)10-12/h7-8,10-11,13-14H,3-6,9H2,1-2H3. The van der Waals surface area contributed by atoms with E-state index < -0.39 is 0 Å². The Bertz CT molecular complexity index is 303. The fourth-order valence-electron chi connectivity index (χ4n) is 2.53. The molecule has 0 amide bonds. The van der Waals surface area contributed by atoms with Crippen LogP contribution in [0.2, 0.25) is 0 Å². The molecule has 1 fully saturated rings. The Morgan fingerprint density at radius 2 is 2.20 bits per heavy atom. The summed E-state index contributed by atoms with van der Waals surface area (Å²) in [6.45, 7) is 3.40. The van der Waals surface area contributed by atoms with Crippen LogP contribution in [-0.2, 0) is 13.6 Å². The molecule has 1 aromatic heterocycles. The summed E-state index contributed by atoms with van der Waals surface area (Å²) in [5.41, 5.74) is 1.40. The fraction of sp³-hybridized carbons (Fsp3) is 0.692. The first-order valence-corrected chi connectivity index (χ1v) is 6.10. The number of hydrogen-bond acceptors (Lipinski definition) is 1. The number of nitrogens with zero attached hydrogens (tertiary/aromatic N) is 1. The van der Waals surface area contributed by atoms with Crippen LogP contribution in [0.4, 0.5) is 0 Å². The average molecular weight is 206 g/mol. The zero-order chi connectivity index (χ0) is 10.7. The number of nitrogens with one attached hydrogen (secondary N) is 1. The van der Waals surface area contributed by atoms with E-state index in [-0.39, 0.29) is 0 Å². The molecule has 15 heavy (non-hydrogen) atoms. The highest BCUT2D eigenvalue weighted by molar-refractivity contribution is 5.09. The topological polar surface area (TPSA) is 17.0 Å². The van der Waals surface area contributed by atoms with Gasteiger partial charge in [-0.15, -0.1) is 0 Å². The van der Waals surface area contributed by atoms with Gasteiger partial charge < -0.3 is 9.88 Å². The molecule has 1 saturated carbocycles. The van der Waals surface area contributed by atoms with Gasteiger partial charge in [0, 0.05) is 32.0 Å². The third-order valence-corrected chi connectivity index (χ3v) is 3.57. The summed E-state index contributed by atoms with van der Waals surface area (Å²) >= 11 is 0. The van der Waals surface area contributed by atoms with Crippen LogP contribution in [0.5, 0.6) is 0 Å². The van der Waals surface area contributed by atoms with E-state index in [2.05, 4.69) is 42.3 Å². The molecular formula is C13H22N2. The molecule has 2 unspecified atom stereocenters. The van der Waals surface area contributed by atoms with E-state index >= 15 is 0 Å². The lowest BCUT2D eigenvalue weighted by molar-refractivity contribution is 0.279. The molecule has 84 valence electrons. The van der Waals surface area contributed by atoms with E-state index in [1.165, 1.54) is 31.2 Å². The maximum Gasteiger partial charge on any atom is 0.0223 e. The van der Waals surface area contributed by atoms with Crippen LogP contribution in [-0.4, -0.2) is 10.6 Å². The van der Waals surface area contributed by atoms with Gasteiger partial charge in [0.1, 0.15) is 0 Å². The maximum absolute atomic E-state index is 3.69. The summed E-state index contributed by atoms with van der Waals surface area (Å²) in [6.07, 6.45) is 9.88. The van der Waals surface area contributed by atoms with E-state index in [1.807, 2.05) is 0 Å². The Kier molecular flexibility index (Phi) is 3.47. The van der Waals surface area contributed by atoms with E-state index in [9.17, 15) is 0 Å².